The fraction of sp³-hybridized carbons (Fsp3) is 0.500. The van der Waals surface area contributed by atoms with Crippen molar-refractivity contribution in [3.8, 4) is 0 Å². The fourth-order valence-electron chi connectivity index (χ4n) is 6.10. The Bertz CT molecular complexity index is 1400. The van der Waals surface area contributed by atoms with Crippen LogP contribution >= 0.6 is 0 Å². The maximum absolute atomic E-state index is 13.8. The number of hydrogen-bond donors (Lipinski definition) is 1. The van der Waals surface area contributed by atoms with Crippen molar-refractivity contribution in [3.05, 3.63) is 60.1 Å². The van der Waals surface area contributed by atoms with Gasteiger partial charge in [-0.05, 0) is 86.9 Å². The van der Waals surface area contributed by atoms with Gasteiger partial charge in [0.15, 0.2) is 0 Å². The van der Waals surface area contributed by atoms with Crippen LogP contribution in [0.1, 0.15) is 38.5 Å². The van der Waals surface area contributed by atoms with E-state index in [4.69, 9.17) is 15.1 Å². The highest BCUT2D eigenvalue weighted by Gasteiger charge is 2.47. The number of aromatic nitrogens is 1. The number of nitrogens with one attached hydrogen (secondary N) is 1. The van der Waals surface area contributed by atoms with Crippen LogP contribution < -0.4 is 4.90 Å². The van der Waals surface area contributed by atoms with Crippen molar-refractivity contribution in [2.45, 2.75) is 43.4 Å². The van der Waals surface area contributed by atoms with Crippen molar-refractivity contribution in [1.82, 2.24) is 9.29 Å². The molecule has 10 heteroatoms. The molecule has 0 spiro atoms. The first-order chi connectivity index (χ1) is 19.4. The van der Waals surface area contributed by atoms with E-state index in [2.05, 4.69) is 9.88 Å². The molecule has 212 valence electrons. The van der Waals surface area contributed by atoms with Crippen LogP contribution in [0.15, 0.2) is 64.1 Å². The van der Waals surface area contributed by atoms with Gasteiger partial charge in [0.1, 0.15) is 16.5 Å². The minimum absolute atomic E-state index is 0.204. The number of halogens is 1. The van der Waals surface area contributed by atoms with Crippen LogP contribution in [0.25, 0.3) is 0 Å². The lowest BCUT2D eigenvalue weighted by Crippen LogP contribution is -2.52. The summed E-state index contributed by atoms with van der Waals surface area (Å²) in [5.41, 5.74) is 1.93. The molecule has 40 heavy (non-hydrogen) atoms. The lowest BCUT2D eigenvalue weighted by Gasteiger charge is -2.47. The zero-order valence-electron chi connectivity index (χ0n) is 22.6. The lowest BCUT2D eigenvalue weighted by molar-refractivity contribution is 0.0287. The van der Waals surface area contributed by atoms with Crippen molar-refractivity contribution < 1.29 is 17.5 Å². The number of fused-ring (bicyclic) bond motifs is 1. The van der Waals surface area contributed by atoms with Crippen molar-refractivity contribution in [2.75, 3.05) is 44.3 Å². The number of piperidine rings is 1. The third kappa shape index (κ3) is 5.62. The molecule has 2 saturated heterocycles. The number of hydrogen-bond acceptors (Lipinski definition) is 7. The molecule has 2 atom stereocenters. The van der Waals surface area contributed by atoms with Gasteiger partial charge < -0.3 is 15.0 Å². The molecule has 2 aromatic rings. The number of pyridine rings is 1. The van der Waals surface area contributed by atoms with E-state index < -0.39 is 15.4 Å². The third-order valence-corrected chi connectivity index (χ3v) is 10.4. The molecular weight excluding hydrogens is 529 g/mol. The quantitative estimate of drug-likeness (QED) is 0.432. The molecule has 1 aromatic heterocycles. The first kappa shape index (κ1) is 27.2. The Morgan fingerprint density at radius 2 is 1.90 bits per heavy atom. The second-order valence-corrected chi connectivity index (χ2v) is 13.5. The Labute approximate surface area is 235 Å². The first-order valence-corrected chi connectivity index (χ1v) is 15.6. The lowest BCUT2D eigenvalue weighted by atomic mass is 9.66. The molecule has 4 aliphatic rings. The largest absolute Gasteiger partial charge is 0.380 e. The SMILES string of the molecule is N=CC1CC2(COCC3CC3)CN(S(=O)(=O)c3ccc(N4CCCC4)nc3)CCC2=CC1=Nc1ccc(F)cc1. The van der Waals surface area contributed by atoms with Gasteiger partial charge in [-0.1, -0.05) is 5.57 Å². The minimum Gasteiger partial charge on any atom is -0.380 e. The van der Waals surface area contributed by atoms with Gasteiger partial charge in [-0.3, -0.25) is 4.99 Å². The highest BCUT2D eigenvalue weighted by Crippen LogP contribution is 2.46. The van der Waals surface area contributed by atoms with Gasteiger partial charge in [0, 0.05) is 62.2 Å². The Hall–Kier alpha value is -2.95. The van der Waals surface area contributed by atoms with Crippen LogP contribution in [-0.4, -0.2) is 69.0 Å². The number of allylic oxidation sites excluding steroid dienone is 1. The molecule has 8 nitrogen and oxygen atoms in total. The van der Waals surface area contributed by atoms with Gasteiger partial charge in [-0.25, -0.2) is 17.8 Å². The highest BCUT2D eigenvalue weighted by molar-refractivity contribution is 7.89. The summed E-state index contributed by atoms with van der Waals surface area (Å²) in [4.78, 5) is 11.6. The van der Waals surface area contributed by atoms with Gasteiger partial charge in [0.05, 0.1) is 12.3 Å². The van der Waals surface area contributed by atoms with E-state index in [1.54, 1.807) is 22.5 Å². The maximum atomic E-state index is 13.8. The fourth-order valence-corrected chi connectivity index (χ4v) is 7.57. The zero-order chi connectivity index (χ0) is 27.7. The minimum atomic E-state index is -3.76. The number of benzene rings is 1. The molecule has 2 aliphatic carbocycles. The summed E-state index contributed by atoms with van der Waals surface area (Å²) < 4.78 is 48.9. The summed E-state index contributed by atoms with van der Waals surface area (Å²) in [6, 6.07) is 9.49. The second kappa shape index (κ2) is 11.1. The van der Waals surface area contributed by atoms with Gasteiger partial charge in [-0.15, -0.1) is 0 Å². The van der Waals surface area contributed by atoms with E-state index in [1.807, 2.05) is 12.1 Å². The molecule has 1 saturated carbocycles. The number of rotatable bonds is 9. The van der Waals surface area contributed by atoms with Crippen LogP contribution in [-0.2, 0) is 14.8 Å². The van der Waals surface area contributed by atoms with Crippen LogP contribution in [0.2, 0.25) is 0 Å². The molecule has 2 unspecified atom stereocenters. The molecule has 3 fully saturated rings. The monoisotopic (exact) mass is 565 g/mol. The Morgan fingerprint density at radius 1 is 1.12 bits per heavy atom. The summed E-state index contributed by atoms with van der Waals surface area (Å²) in [5.74, 6) is 0.780. The van der Waals surface area contributed by atoms with E-state index in [0.29, 0.717) is 44.2 Å². The van der Waals surface area contributed by atoms with E-state index in [9.17, 15) is 12.8 Å². The Kier molecular flexibility index (Phi) is 7.58. The van der Waals surface area contributed by atoms with E-state index in [1.165, 1.54) is 37.4 Å². The summed E-state index contributed by atoms with van der Waals surface area (Å²) >= 11 is 0. The first-order valence-electron chi connectivity index (χ1n) is 14.2. The second-order valence-electron chi connectivity index (χ2n) is 11.5. The molecule has 1 N–H and O–H groups in total. The van der Waals surface area contributed by atoms with Crippen molar-refractivity contribution in [2.24, 2.45) is 22.2 Å². The van der Waals surface area contributed by atoms with Gasteiger partial charge >= 0.3 is 0 Å². The number of sulfonamides is 1. The van der Waals surface area contributed by atoms with Gasteiger partial charge in [0.25, 0.3) is 0 Å². The van der Waals surface area contributed by atoms with E-state index in [0.717, 1.165) is 43.0 Å². The molecule has 0 radical (unpaired) electrons. The number of ether oxygens (including phenoxy) is 1. The van der Waals surface area contributed by atoms with Crippen LogP contribution in [0.4, 0.5) is 15.9 Å². The average Bonchev–Trinajstić information content (AvgIpc) is 3.62. The van der Waals surface area contributed by atoms with Crippen molar-refractivity contribution in [1.29, 1.82) is 5.41 Å². The predicted molar refractivity (Wildman–Crippen MR) is 154 cm³/mol. The summed E-state index contributed by atoms with van der Waals surface area (Å²) in [6.07, 6.45) is 10.6. The maximum Gasteiger partial charge on any atom is 0.244 e. The molecule has 3 heterocycles. The molecule has 0 bridgehead atoms. The zero-order valence-corrected chi connectivity index (χ0v) is 23.5. The number of anilines is 1. The topological polar surface area (TPSA) is 99.0 Å². The Balaban J connectivity index is 1.28. The molecular formula is C30H36FN5O3S. The summed E-state index contributed by atoms with van der Waals surface area (Å²) in [7, 11) is -3.76. The number of aliphatic imine (C=N–C) groups is 1. The smallest absolute Gasteiger partial charge is 0.244 e. The standard InChI is InChI=1S/C30H36FN5O3S/c31-25-5-7-26(8-6-25)34-28-15-24-11-14-36(20-30(24,16-23(28)17-32)21-39-19-22-3-4-22)40(37,38)27-9-10-29(33-18-27)35-12-1-2-13-35/h5-10,15,17-18,22-23,32H,1-4,11-14,16,19-21H2. The molecule has 1 aromatic carbocycles. The predicted octanol–water partition coefficient (Wildman–Crippen LogP) is 5.00. The average molecular weight is 566 g/mol. The Morgan fingerprint density at radius 3 is 2.58 bits per heavy atom. The van der Waals surface area contributed by atoms with Crippen LogP contribution in [0, 0.1) is 28.5 Å². The van der Waals surface area contributed by atoms with E-state index >= 15 is 0 Å². The summed E-state index contributed by atoms with van der Waals surface area (Å²) in [5, 5.41) is 8.19. The van der Waals surface area contributed by atoms with Gasteiger partial charge in [-0.2, -0.15) is 4.31 Å². The summed E-state index contributed by atoms with van der Waals surface area (Å²) in [6.45, 7) is 3.62. The van der Waals surface area contributed by atoms with Crippen molar-refractivity contribution in [3.63, 3.8) is 0 Å². The van der Waals surface area contributed by atoms with Crippen molar-refractivity contribution >= 4 is 33.5 Å². The van der Waals surface area contributed by atoms with Crippen LogP contribution in [0.5, 0.6) is 0 Å². The van der Waals surface area contributed by atoms with Gasteiger partial charge in [0.2, 0.25) is 10.0 Å². The molecule has 0 amide bonds. The van der Waals surface area contributed by atoms with Crippen LogP contribution in [0.3, 0.4) is 0 Å². The molecule has 6 rings (SSSR count). The van der Waals surface area contributed by atoms with E-state index in [-0.39, 0.29) is 23.2 Å². The normalized spacial score (nSPS) is 26.5. The highest BCUT2D eigenvalue weighted by atomic mass is 32.2. The number of nitrogens with zero attached hydrogens (tertiary/aromatic N) is 4. The third-order valence-electron chi connectivity index (χ3n) is 8.61. The molecule has 2 aliphatic heterocycles.